The average Bonchev–Trinajstić information content (AvgIpc) is 3.32. The highest BCUT2D eigenvalue weighted by molar-refractivity contribution is 7.99. The highest BCUT2D eigenvalue weighted by atomic mass is 32.2. The number of aromatic nitrogens is 4. The summed E-state index contributed by atoms with van der Waals surface area (Å²) in [7, 11) is -4.98. The van der Waals surface area contributed by atoms with Gasteiger partial charge in [0, 0.05) is 6.42 Å². The van der Waals surface area contributed by atoms with Crippen LogP contribution in [0.5, 0.6) is 0 Å². The average molecular weight is 626 g/mol. The molecule has 0 spiro atoms. The second kappa shape index (κ2) is 19.7. The van der Waals surface area contributed by atoms with Gasteiger partial charge in [0.05, 0.1) is 25.6 Å². The molecule has 2 aromatic rings. The lowest BCUT2D eigenvalue weighted by molar-refractivity contribution is 0.0718. The molecule has 0 saturated carbocycles. The van der Waals surface area contributed by atoms with Gasteiger partial charge in [-0.25, -0.2) is 15.0 Å². The van der Waals surface area contributed by atoms with Crippen LogP contribution < -0.4 is 5.73 Å². The predicted octanol–water partition coefficient (Wildman–Crippen LogP) is 7.27. The summed E-state index contributed by atoms with van der Waals surface area (Å²) in [5.41, 5.74) is 10.4. The summed E-state index contributed by atoms with van der Waals surface area (Å²) >= 11 is 1.89. The molecule has 0 aliphatic heterocycles. The number of nitrogens with zero attached hydrogens (tertiary/aromatic N) is 4. The number of thioether (sulfide) groups is 1. The number of rotatable bonds is 22. The number of hydrogen-bond donors (Lipinski definition) is 2. The predicted molar refractivity (Wildman–Crippen MR) is 175 cm³/mol. The Hall–Kier alpha value is -1.41. The minimum atomic E-state index is -3.80. The van der Waals surface area contributed by atoms with Crippen LogP contribution in [0.3, 0.4) is 0 Å². The van der Waals surface area contributed by atoms with Gasteiger partial charge in [0.25, 0.3) is 0 Å². The van der Waals surface area contributed by atoms with E-state index in [0.29, 0.717) is 23.5 Å². The summed E-state index contributed by atoms with van der Waals surface area (Å²) in [6.07, 6.45) is 17.3. The lowest BCUT2D eigenvalue weighted by atomic mass is 10.1. The van der Waals surface area contributed by atoms with Crippen molar-refractivity contribution in [2.24, 2.45) is 0 Å². The molecule has 232 valence electrons. The van der Waals surface area contributed by atoms with Gasteiger partial charge in [-0.3, -0.25) is 4.57 Å². The van der Waals surface area contributed by atoms with E-state index in [1.54, 1.807) is 10.9 Å². The first-order valence-corrected chi connectivity index (χ1v) is 21.6. The molecule has 1 unspecified atom stereocenters. The third-order valence-corrected chi connectivity index (χ3v) is 9.58. The van der Waals surface area contributed by atoms with Crippen LogP contribution in [0.4, 0.5) is 5.82 Å². The lowest BCUT2D eigenvalue weighted by Crippen LogP contribution is -2.17. The number of nitrogens with two attached hydrogens (primary N) is 1. The maximum atomic E-state index is 12.3. The Labute approximate surface area is 252 Å². The molecular weight excluding hydrogens is 573 g/mol. The number of ether oxygens (including phenoxy) is 1. The van der Waals surface area contributed by atoms with Crippen LogP contribution in [-0.4, -0.2) is 63.1 Å². The second-order valence-electron chi connectivity index (χ2n) is 11.7. The summed E-state index contributed by atoms with van der Waals surface area (Å²) in [6.45, 7) is 9.40. The molecule has 0 amide bonds. The summed E-state index contributed by atoms with van der Waals surface area (Å²) in [5, 5.41) is 0. The quantitative estimate of drug-likeness (QED) is 0.0601. The Bertz CT molecular complexity index is 1120. The standard InChI is InChI=1S/C29H52N5O4PSSi/c1-26(22-34-24-33-27-28(30)31-23-32-29(27)34)37-25-39(35,36)38-18-17-20-40-19-15-13-11-9-7-5-6-8-10-12-14-16-21-41(2,3)4/h23-24,26H,5-15,17-20,22,25H2,1-4H3,(H,35,36)(H2,30,31,32)/t26-/m1/s1. The van der Waals surface area contributed by atoms with Crippen LogP contribution >= 0.6 is 19.4 Å². The van der Waals surface area contributed by atoms with Gasteiger partial charge in [-0.05, 0) is 37.7 Å². The maximum absolute atomic E-state index is 12.3. The Morgan fingerprint density at radius 2 is 1.63 bits per heavy atom. The van der Waals surface area contributed by atoms with Crippen molar-refractivity contribution in [1.29, 1.82) is 0 Å². The molecule has 0 aromatic carbocycles. The van der Waals surface area contributed by atoms with E-state index >= 15 is 0 Å². The number of nitrogen functional groups attached to an aromatic ring is 1. The largest absolute Gasteiger partial charge is 0.382 e. The molecule has 0 aliphatic rings. The van der Waals surface area contributed by atoms with Gasteiger partial charge in [-0.1, -0.05) is 71.0 Å². The fourth-order valence-electron chi connectivity index (χ4n) is 4.25. The third kappa shape index (κ3) is 16.7. The molecule has 2 atom stereocenters. The first-order chi connectivity index (χ1) is 19.6. The van der Waals surface area contributed by atoms with Gasteiger partial charge in [-0.15, -0.1) is 11.5 Å². The van der Waals surface area contributed by atoms with Crippen molar-refractivity contribution < 1.29 is 18.7 Å². The van der Waals surface area contributed by atoms with Crippen molar-refractivity contribution in [2.75, 3.05) is 30.2 Å². The molecule has 41 heavy (non-hydrogen) atoms. The molecule has 0 aliphatic carbocycles. The van der Waals surface area contributed by atoms with E-state index in [1.165, 1.54) is 70.5 Å². The molecule has 9 nitrogen and oxygen atoms in total. The highest BCUT2D eigenvalue weighted by Crippen LogP contribution is 2.42. The summed E-state index contributed by atoms with van der Waals surface area (Å²) < 4.78 is 24.9. The molecule has 3 N–H and O–H groups in total. The number of hydrogen-bond acceptors (Lipinski definition) is 8. The van der Waals surface area contributed by atoms with Crippen molar-refractivity contribution in [1.82, 2.24) is 19.5 Å². The van der Waals surface area contributed by atoms with Crippen LogP contribution in [0, 0.1) is 11.5 Å². The molecule has 0 bridgehead atoms. The van der Waals surface area contributed by atoms with Gasteiger partial charge < -0.3 is 24.5 Å². The monoisotopic (exact) mass is 625 g/mol. The van der Waals surface area contributed by atoms with E-state index in [9.17, 15) is 9.46 Å². The first-order valence-electron chi connectivity index (χ1n) is 15.1. The summed E-state index contributed by atoms with van der Waals surface area (Å²) in [4.78, 5) is 22.4. The molecule has 2 aromatic heterocycles. The summed E-state index contributed by atoms with van der Waals surface area (Å²) in [5.74, 6) is 5.75. The molecule has 12 heteroatoms. The topological polar surface area (TPSA) is 125 Å². The Balaban J connectivity index is 1.37. The van der Waals surface area contributed by atoms with Gasteiger partial charge in [0.2, 0.25) is 0 Å². The maximum Gasteiger partial charge on any atom is 0.353 e. The smallest absolute Gasteiger partial charge is 0.353 e. The molecule has 0 saturated heterocycles. The normalized spacial score (nSPS) is 14.1. The van der Waals surface area contributed by atoms with Crippen molar-refractivity contribution in [3.05, 3.63) is 12.7 Å². The van der Waals surface area contributed by atoms with E-state index in [2.05, 4.69) is 46.1 Å². The zero-order valence-corrected chi connectivity index (χ0v) is 28.4. The Morgan fingerprint density at radius 1 is 1.00 bits per heavy atom. The number of fused-ring (bicyclic) bond motifs is 1. The number of unbranched alkanes of at least 4 members (excludes halogenated alkanes) is 10. The SMILES string of the molecule is C[C@H](Cn1cnc2c(N)ncnc21)OCP(=O)(O)OCCCSCCCCCCCCCCCCC#C[Si](C)(C)C. The van der Waals surface area contributed by atoms with Crippen LogP contribution in [0.2, 0.25) is 19.6 Å². The zero-order chi connectivity index (χ0) is 30.0. The van der Waals surface area contributed by atoms with Crippen LogP contribution in [0.1, 0.15) is 84.0 Å². The lowest BCUT2D eigenvalue weighted by Gasteiger charge is -2.17. The minimum Gasteiger partial charge on any atom is -0.382 e. The Morgan fingerprint density at radius 3 is 2.32 bits per heavy atom. The van der Waals surface area contributed by atoms with E-state index in [1.807, 2.05) is 18.7 Å². The first kappa shape index (κ1) is 35.8. The highest BCUT2D eigenvalue weighted by Gasteiger charge is 2.21. The van der Waals surface area contributed by atoms with Gasteiger partial charge in [-0.2, -0.15) is 11.8 Å². The van der Waals surface area contributed by atoms with Crippen molar-refractivity contribution in [2.45, 2.75) is 116 Å². The fourth-order valence-corrected chi connectivity index (χ4v) is 6.77. The van der Waals surface area contributed by atoms with Crippen molar-refractivity contribution >= 4 is 44.4 Å². The van der Waals surface area contributed by atoms with Crippen LogP contribution in [0.25, 0.3) is 11.2 Å². The number of imidazole rings is 1. The fraction of sp³-hybridized carbons (Fsp3) is 0.759. The van der Waals surface area contributed by atoms with E-state index < -0.39 is 15.7 Å². The molecule has 0 radical (unpaired) electrons. The molecular formula is C29H52N5O4PSSi. The zero-order valence-electron chi connectivity index (χ0n) is 25.6. The van der Waals surface area contributed by atoms with E-state index in [4.69, 9.17) is 15.0 Å². The van der Waals surface area contributed by atoms with Gasteiger partial charge in [0.1, 0.15) is 26.3 Å². The van der Waals surface area contributed by atoms with Crippen LogP contribution in [-0.2, 0) is 20.4 Å². The molecule has 0 fully saturated rings. The third-order valence-electron chi connectivity index (χ3n) is 6.44. The Kier molecular flexibility index (Phi) is 17.2. The van der Waals surface area contributed by atoms with Crippen molar-refractivity contribution in [3.63, 3.8) is 0 Å². The van der Waals surface area contributed by atoms with Crippen molar-refractivity contribution in [3.8, 4) is 11.5 Å². The van der Waals surface area contributed by atoms with Crippen LogP contribution in [0.15, 0.2) is 12.7 Å². The summed E-state index contributed by atoms with van der Waals surface area (Å²) in [6, 6.07) is 0. The molecule has 2 heterocycles. The van der Waals surface area contributed by atoms with E-state index in [0.717, 1.165) is 24.3 Å². The van der Waals surface area contributed by atoms with Gasteiger partial charge >= 0.3 is 7.60 Å². The number of anilines is 1. The molecule has 2 rings (SSSR count). The minimum absolute atomic E-state index is 0.257. The second-order valence-corrected chi connectivity index (χ2v) is 19.5. The van der Waals surface area contributed by atoms with Gasteiger partial charge in [0.15, 0.2) is 11.5 Å². The van der Waals surface area contributed by atoms with E-state index in [-0.39, 0.29) is 19.1 Å².